The minimum absolute atomic E-state index is 0.698. The van der Waals surface area contributed by atoms with E-state index in [2.05, 4.69) is 191 Å². The predicted molar refractivity (Wildman–Crippen MR) is 240 cm³/mol. The average Bonchev–Trinajstić information content (AvgIpc) is 3.95. The highest BCUT2D eigenvalue weighted by molar-refractivity contribution is 7.27. The third kappa shape index (κ3) is 4.86. The van der Waals surface area contributed by atoms with Crippen LogP contribution in [0.1, 0.15) is 0 Å². The molecule has 12 aromatic rings. The highest BCUT2D eigenvalue weighted by Crippen LogP contribution is 2.51. The third-order valence-electron chi connectivity index (χ3n) is 11.3. The molecule has 0 unspecified atom stereocenters. The van der Waals surface area contributed by atoms with Crippen LogP contribution in [0, 0.1) is 0 Å². The molecule has 8 aromatic carbocycles. The molecule has 4 heterocycles. The van der Waals surface area contributed by atoms with Crippen LogP contribution in [0.2, 0.25) is 0 Å². The minimum atomic E-state index is 0.698. The topological polar surface area (TPSA) is 35.6 Å². The maximum Gasteiger partial charge on any atom is 0.160 e. The lowest BCUT2D eigenvalue weighted by atomic mass is 10.0. The third-order valence-corrected chi connectivity index (χ3v) is 12.5. The number of aromatic nitrogens is 4. The van der Waals surface area contributed by atoms with Gasteiger partial charge in [0.2, 0.25) is 0 Å². The molecule has 5 heteroatoms. The summed E-state index contributed by atoms with van der Waals surface area (Å²) < 4.78 is 7.57. The molecule has 0 N–H and O–H groups in total. The van der Waals surface area contributed by atoms with E-state index < -0.39 is 0 Å². The molecule has 0 amide bonds. The summed E-state index contributed by atoms with van der Waals surface area (Å²) in [4.78, 5) is 10.3. The van der Waals surface area contributed by atoms with Crippen LogP contribution >= 0.6 is 11.3 Å². The molecule has 57 heavy (non-hydrogen) atoms. The van der Waals surface area contributed by atoms with Gasteiger partial charge in [-0.2, -0.15) is 0 Å². The summed E-state index contributed by atoms with van der Waals surface area (Å²) in [7, 11) is 0. The van der Waals surface area contributed by atoms with Gasteiger partial charge in [0.25, 0.3) is 0 Å². The standard InChI is InChI=1S/C52H32N4S/c1-4-16-33(17-5-1)41-32-42(34-18-6-2-7-19-34)54-52(53-41)35-28-30-37(31-29-35)56-43-25-13-10-22-38(43)46-49-47(51-48(50(46)56)40-24-12-15-27-45(40)57-51)39-23-11-14-26-44(39)55(49)36-20-8-3-9-21-36/h1-32H. The first-order chi connectivity index (χ1) is 28.3. The van der Waals surface area contributed by atoms with E-state index in [1.807, 2.05) is 23.5 Å². The molecule has 0 aliphatic heterocycles. The van der Waals surface area contributed by atoms with Gasteiger partial charge in [0.05, 0.1) is 33.5 Å². The molecule has 4 aromatic heterocycles. The second kappa shape index (κ2) is 12.6. The fraction of sp³-hybridized carbons (Fsp3) is 0. The van der Waals surface area contributed by atoms with Crippen molar-refractivity contribution in [3.05, 3.63) is 194 Å². The summed E-state index contributed by atoms with van der Waals surface area (Å²) in [6.45, 7) is 0. The molecule has 0 fully saturated rings. The van der Waals surface area contributed by atoms with Gasteiger partial charge >= 0.3 is 0 Å². The minimum Gasteiger partial charge on any atom is -0.308 e. The van der Waals surface area contributed by atoms with E-state index >= 15 is 0 Å². The van der Waals surface area contributed by atoms with Crippen molar-refractivity contribution >= 4 is 75.1 Å². The zero-order valence-electron chi connectivity index (χ0n) is 30.7. The highest BCUT2D eigenvalue weighted by atomic mass is 32.1. The second-order valence-corrected chi connectivity index (χ2v) is 15.6. The Morgan fingerprint density at radius 1 is 0.368 bits per heavy atom. The highest BCUT2D eigenvalue weighted by Gasteiger charge is 2.26. The van der Waals surface area contributed by atoms with Crippen LogP contribution in [0.15, 0.2) is 194 Å². The number of thiophene rings is 1. The fourth-order valence-electron chi connectivity index (χ4n) is 8.84. The number of nitrogens with zero attached hydrogens (tertiary/aromatic N) is 4. The summed E-state index contributed by atoms with van der Waals surface area (Å²) >= 11 is 1.90. The molecule has 0 saturated carbocycles. The summed E-state index contributed by atoms with van der Waals surface area (Å²) in [6.07, 6.45) is 0. The Labute approximate surface area is 332 Å². The van der Waals surface area contributed by atoms with Gasteiger partial charge in [-0.05, 0) is 60.7 Å². The molecule has 0 radical (unpaired) electrons. The van der Waals surface area contributed by atoms with Crippen molar-refractivity contribution in [2.75, 3.05) is 0 Å². The summed E-state index contributed by atoms with van der Waals surface area (Å²) in [5, 5.41) is 7.63. The predicted octanol–water partition coefficient (Wildman–Crippen LogP) is 14.0. The van der Waals surface area contributed by atoms with E-state index in [4.69, 9.17) is 9.97 Å². The molecular formula is C52H32N4S. The molecule has 12 rings (SSSR count). The SMILES string of the molecule is c1ccc(-c2cc(-c3ccccc3)nc(-c3ccc(-n4c5ccccc5c5c6c(c7ccccc7n6-c6ccccc6)c6sc7ccccc7c6c54)cc3)n2)cc1. The van der Waals surface area contributed by atoms with Gasteiger partial charge in [-0.15, -0.1) is 11.3 Å². The molecule has 0 atom stereocenters. The van der Waals surface area contributed by atoms with Gasteiger partial charge < -0.3 is 9.13 Å². The Bertz CT molecular complexity index is 3430. The summed E-state index contributed by atoms with van der Waals surface area (Å²) in [6, 6.07) is 69.1. The smallest absolute Gasteiger partial charge is 0.160 e. The Morgan fingerprint density at radius 2 is 0.825 bits per heavy atom. The summed E-state index contributed by atoms with van der Waals surface area (Å²) in [5.41, 5.74) is 12.0. The first-order valence-electron chi connectivity index (χ1n) is 19.3. The van der Waals surface area contributed by atoms with Gasteiger partial charge in [0.15, 0.2) is 5.82 Å². The first kappa shape index (κ1) is 32.0. The average molecular weight is 745 g/mol. The van der Waals surface area contributed by atoms with E-state index in [1.54, 1.807) is 0 Å². The second-order valence-electron chi connectivity index (χ2n) is 14.5. The lowest BCUT2D eigenvalue weighted by molar-refractivity contribution is 1.17. The maximum absolute atomic E-state index is 5.13. The molecule has 0 saturated heterocycles. The van der Waals surface area contributed by atoms with Crippen molar-refractivity contribution in [3.8, 4) is 45.3 Å². The van der Waals surface area contributed by atoms with Crippen LogP contribution in [-0.2, 0) is 0 Å². The van der Waals surface area contributed by atoms with Crippen LogP contribution in [0.5, 0.6) is 0 Å². The number of benzene rings is 8. The van der Waals surface area contributed by atoms with Gasteiger partial charge in [0, 0.05) is 69.8 Å². The maximum atomic E-state index is 5.13. The van der Waals surface area contributed by atoms with Gasteiger partial charge in [-0.25, -0.2) is 9.97 Å². The number of para-hydroxylation sites is 3. The van der Waals surface area contributed by atoms with E-state index in [-0.39, 0.29) is 0 Å². The van der Waals surface area contributed by atoms with Gasteiger partial charge in [-0.3, -0.25) is 0 Å². The lowest BCUT2D eigenvalue weighted by Crippen LogP contribution is -1.98. The molecule has 0 spiro atoms. The van der Waals surface area contributed by atoms with Crippen molar-refractivity contribution in [1.29, 1.82) is 0 Å². The van der Waals surface area contributed by atoms with Crippen molar-refractivity contribution in [1.82, 2.24) is 19.1 Å². The van der Waals surface area contributed by atoms with Crippen molar-refractivity contribution in [2.24, 2.45) is 0 Å². The largest absolute Gasteiger partial charge is 0.308 e. The Morgan fingerprint density at radius 3 is 1.42 bits per heavy atom. The van der Waals surface area contributed by atoms with Crippen LogP contribution < -0.4 is 0 Å². The zero-order chi connectivity index (χ0) is 37.5. The normalized spacial score (nSPS) is 11.9. The van der Waals surface area contributed by atoms with Crippen LogP contribution in [-0.4, -0.2) is 19.1 Å². The van der Waals surface area contributed by atoms with E-state index in [0.29, 0.717) is 5.82 Å². The Hall–Kier alpha value is -7.34. The quantitative estimate of drug-likeness (QED) is 0.176. The lowest BCUT2D eigenvalue weighted by Gasteiger charge is -2.13. The fourth-order valence-corrected chi connectivity index (χ4v) is 10.1. The van der Waals surface area contributed by atoms with E-state index in [9.17, 15) is 0 Å². The number of hydrogen-bond acceptors (Lipinski definition) is 3. The van der Waals surface area contributed by atoms with E-state index in [0.717, 1.165) is 39.5 Å². The van der Waals surface area contributed by atoms with Crippen molar-refractivity contribution < 1.29 is 0 Å². The molecule has 4 nitrogen and oxygen atoms in total. The van der Waals surface area contributed by atoms with Crippen molar-refractivity contribution in [3.63, 3.8) is 0 Å². The van der Waals surface area contributed by atoms with E-state index in [1.165, 1.54) is 63.8 Å². The number of rotatable bonds is 5. The summed E-state index contributed by atoms with van der Waals surface area (Å²) in [5.74, 6) is 0.698. The van der Waals surface area contributed by atoms with Crippen LogP contribution in [0.4, 0.5) is 0 Å². The van der Waals surface area contributed by atoms with Crippen LogP contribution in [0.3, 0.4) is 0 Å². The monoisotopic (exact) mass is 744 g/mol. The zero-order valence-corrected chi connectivity index (χ0v) is 31.5. The Balaban J connectivity index is 1.16. The van der Waals surface area contributed by atoms with Gasteiger partial charge in [0.1, 0.15) is 0 Å². The van der Waals surface area contributed by atoms with Crippen molar-refractivity contribution in [2.45, 2.75) is 0 Å². The number of hydrogen-bond donors (Lipinski definition) is 0. The molecular weight excluding hydrogens is 713 g/mol. The van der Waals surface area contributed by atoms with Gasteiger partial charge in [-0.1, -0.05) is 133 Å². The first-order valence-corrected chi connectivity index (χ1v) is 20.1. The molecule has 266 valence electrons. The van der Waals surface area contributed by atoms with Crippen LogP contribution in [0.25, 0.3) is 109 Å². The molecule has 0 aliphatic carbocycles. The number of fused-ring (bicyclic) bond motifs is 12. The molecule has 0 aliphatic rings. The Kier molecular flexibility index (Phi) is 7.06. The molecule has 0 bridgehead atoms.